The summed E-state index contributed by atoms with van der Waals surface area (Å²) in [5.74, 6) is -0.779. The zero-order valence-electron chi connectivity index (χ0n) is 13.4. The van der Waals surface area contributed by atoms with Crippen LogP contribution in [0, 0.1) is 0 Å². The van der Waals surface area contributed by atoms with Crippen LogP contribution < -0.4 is 5.32 Å². The lowest BCUT2D eigenvalue weighted by molar-refractivity contribution is 0.0818. The van der Waals surface area contributed by atoms with E-state index in [2.05, 4.69) is 15.3 Å². The van der Waals surface area contributed by atoms with Gasteiger partial charge in [-0.25, -0.2) is 9.97 Å². The summed E-state index contributed by atoms with van der Waals surface area (Å²) in [5.41, 5.74) is 2.16. The number of amides is 1. The van der Waals surface area contributed by atoms with Crippen LogP contribution in [0.15, 0.2) is 48.5 Å². The number of nitrogens with zero attached hydrogens (tertiary/aromatic N) is 2. The summed E-state index contributed by atoms with van der Waals surface area (Å²) in [7, 11) is 0. The van der Waals surface area contributed by atoms with Gasteiger partial charge in [0.2, 0.25) is 0 Å². The van der Waals surface area contributed by atoms with Gasteiger partial charge in [0.25, 0.3) is 5.91 Å². The molecule has 25 heavy (non-hydrogen) atoms. The van der Waals surface area contributed by atoms with Crippen LogP contribution in [0.25, 0.3) is 32.8 Å². The number of aliphatic hydroxyl groups excluding tert-OH is 1. The van der Waals surface area contributed by atoms with E-state index in [1.165, 1.54) is 6.92 Å². The van der Waals surface area contributed by atoms with Crippen molar-refractivity contribution in [2.75, 3.05) is 0 Å². The average Bonchev–Trinajstić information content (AvgIpc) is 2.60. The third-order valence-corrected chi connectivity index (χ3v) is 4.05. The predicted octanol–water partition coefficient (Wildman–Crippen LogP) is 2.71. The fourth-order valence-electron chi connectivity index (χ4n) is 2.98. The highest BCUT2D eigenvalue weighted by Crippen LogP contribution is 2.36. The number of aromatic hydroxyl groups is 1. The van der Waals surface area contributed by atoms with Gasteiger partial charge in [-0.1, -0.05) is 36.4 Å². The minimum absolute atomic E-state index is 0.00727. The third-order valence-electron chi connectivity index (χ3n) is 4.05. The zero-order chi connectivity index (χ0) is 17.6. The maximum absolute atomic E-state index is 12.6. The van der Waals surface area contributed by atoms with Gasteiger partial charge in [-0.05, 0) is 19.1 Å². The Morgan fingerprint density at radius 3 is 2.16 bits per heavy atom. The Morgan fingerprint density at radius 2 is 1.52 bits per heavy atom. The highest BCUT2D eigenvalue weighted by molar-refractivity contribution is 6.19. The van der Waals surface area contributed by atoms with E-state index < -0.39 is 12.1 Å². The van der Waals surface area contributed by atoms with Gasteiger partial charge in [0, 0.05) is 10.8 Å². The Kier molecular flexibility index (Phi) is 3.47. The van der Waals surface area contributed by atoms with E-state index in [1.54, 1.807) is 18.2 Å². The topological polar surface area (TPSA) is 95.3 Å². The lowest BCUT2D eigenvalue weighted by Crippen LogP contribution is -2.32. The first-order valence-corrected chi connectivity index (χ1v) is 7.85. The van der Waals surface area contributed by atoms with Crippen molar-refractivity contribution >= 4 is 38.7 Å². The molecule has 0 saturated carbocycles. The molecule has 0 radical (unpaired) electrons. The van der Waals surface area contributed by atoms with E-state index in [-0.39, 0.29) is 11.3 Å². The molecular weight excluding hydrogens is 318 g/mol. The van der Waals surface area contributed by atoms with Gasteiger partial charge in [0.1, 0.15) is 23.1 Å². The first-order valence-electron chi connectivity index (χ1n) is 7.85. The number of phenols is 1. The van der Waals surface area contributed by atoms with Gasteiger partial charge < -0.3 is 15.5 Å². The number of carbonyl (C=O) groups is 1. The number of rotatable bonds is 2. The molecule has 124 valence electrons. The first kappa shape index (κ1) is 15.3. The van der Waals surface area contributed by atoms with E-state index in [0.717, 1.165) is 0 Å². The number of phenolic OH excluding ortho intramolecular Hbond substituents is 1. The van der Waals surface area contributed by atoms with Crippen molar-refractivity contribution < 1.29 is 15.0 Å². The number of hydrogen-bond acceptors (Lipinski definition) is 5. The third kappa shape index (κ3) is 2.43. The smallest absolute Gasteiger partial charge is 0.259 e. The number of para-hydroxylation sites is 2. The van der Waals surface area contributed by atoms with Gasteiger partial charge in [0.05, 0.1) is 16.6 Å². The van der Waals surface area contributed by atoms with Crippen LogP contribution in [0.4, 0.5) is 0 Å². The molecule has 0 spiro atoms. The maximum Gasteiger partial charge on any atom is 0.259 e. The summed E-state index contributed by atoms with van der Waals surface area (Å²) < 4.78 is 0. The van der Waals surface area contributed by atoms with Crippen LogP contribution in [-0.4, -0.2) is 32.3 Å². The normalized spacial score (nSPS) is 12.6. The molecule has 1 heterocycles. The molecule has 0 aliphatic heterocycles. The maximum atomic E-state index is 12.6. The molecule has 4 aromatic rings. The van der Waals surface area contributed by atoms with E-state index in [0.29, 0.717) is 32.8 Å². The molecule has 0 aliphatic carbocycles. The van der Waals surface area contributed by atoms with E-state index in [4.69, 9.17) is 0 Å². The monoisotopic (exact) mass is 333 g/mol. The summed E-state index contributed by atoms with van der Waals surface area (Å²) in [4.78, 5) is 21.8. The molecule has 6 nitrogen and oxygen atoms in total. The highest BCUT2D eigenvalue weighted by Gasteiger charge is 2.22. The van der Waals surface area contributed by atoms with Crippen molar-refractivity contribution in [2.24, 2.45) is 0 Å². The quantitative estimate of drug-likeness (QED) is 0.298. The Bertz CT molecular complexity index is 1140. The van der Waals surface area contributed by atoms with Gasteiger partial charge in [-0.3, -0.25) is 4.79 Å². The second kappa shape index (κ2) is 5.68. The number of nitrogens with one attached hydrogen (secondary N) is 1. The zero-order valence-corrected chi connectivity index (χ0v) is 13.4. The summed E-state index contributed by atoms with van der Waals surface area (Å²) in [6.45, 7) is 1.43. The number of aliphatic hydroxyl groups is 1. The summed E-state index contributed by atoms with van der Waals surface area (Å²) >= 11 is 0. The number of hydrogen-bond donors (Lipinski definition) is 3. The van der Waals surface area contributed by atoms with Crippen LogP contribution in [0.3, 0.4) is 0 Å². The second-order valence-electron chi connectivity index (χ2n) is 5.83. The lowest BCUT2D eigenvalue weighted by Gasteiger charge is -2.14. The van der Waals surface area contributed by atoms with Crippen LogP contribution in [-0.2, 0) is 0 Å². The van der Waals surface area contributed by atoms with Crippen molar-refractivity contribution in [3.8, 4) is 5.75 Å². The molecule has 1 amide bonds. The molecule has 1 aromatic heterocycles. The SMILES string of the molecule is CC(O)NC(=O)c1c(O)c2ccccc2c2nc3ccccc3nc12. The molecule has 1 atom stereocenters. The standard InChI is InChI=1S/C19H15N3O3/c1-10(23)20-19(25)15-17-16(11-6-2-3-7-12(11)18(15)24)21-13-8-4-5-9-14(13)22-17/h2-10,23-24H,1H3,(H,20,25). The number of carbonyl (C=O) groups excluding carboxylic acids is 1. The van der Waals surface area contributed by atoms with Crippen molar-refractivity contribution in [1.29, 1.82) is 0 Å². The van der Waals surface area contributed by atoms with Crippen molar-refractivity contribution in [2.45, 2.75) is 13.2 Å². The van der Waals surface area contributed by atoms with Crippen molar-refractivity contribution in [1.82, 2.24) is 15.3 Å². The molecule has 3 N–H and O–H groups in total. The van der Waals surface area contributed by atoms with Crippen LogP contribution in [0.5, 0.6) is 5.75 Å². The summed E-state index contributed by atoms with van der Waals surface area (Å²) in [5, 5.41) is 23.8. The summed E-state index contributed by atoms with van der Waals surface area (Å²) in [6, 6.07) is 14.5. The van der Waals surface area contributed by atoms with Crippen molar-refractivity contribution in [3.63, 3.8) is 0 Å². The van der Waals surface area contributed by atoms with E-state index >= 15 is 0 Å². The fraction of sp³-hybridized carbons (Fsp3) is 0.105. The molecule has 0 aliphatic rings. The molecule has 6 heteroatoms. The van der Waals surface area contributed by atoms with Crippen LogP contribution in [0.1, 0.15) is 17.3 Å². The largest absolute Gasteiger partial charge is 0.506 e. The number of benzene rings is 3. The average molecular weight is 333 g/mol. The Labute approximate surface area is 142 Å². The van der Waals surface area contributed by atoms with Gasteiger partial charge >= 0.3 is 0 Å². The molecule has 0 fully saturated rings. The molecule has 0 saturated heterocycles. The van der Waals surface area contributed by atoms with Gasteiger partial charge in [-0.2, -0.15) is 0 Å². The Hall–Kier alpha value is -3.25. The van der Waals surface area contributed by atoms with Crippen LogP contribution >= 0.6 is 0 Å². The number of fused-ring (bicyclic) bond motifs is 4. The minimum atomic E-state index is -1.05. The lowest BCUT2D eigenvalue weighted by atomic mass is 10.0. The fourth-order valence-corrected chi connectivity index (χ4v) is 2.98. The molecular formula is C19H15N3O3. The second-order valence-corrected chi connectivity index (χ2v) is 5.83. The predicted molar refractivity (Wildman–Crippen MR) is 95.4 cm³/mol. The Balaban J connectivity index is 2.18. The van der Waals surface area contributed by atoms with E-state index in [9.17, 15) is 15.0 Å². The van der Waals surface area contributed by atoms with Gasteiger partial charge in [0.15, 0.2) is 0 Å². The minimum Gasteiger partial charge on any atom is -0.506 e. The van der Waals surface area contributed by atoms with Crippen molar-refractivity contribution in [3.05, 3.63) is 54.1 Å². The van der Waals surface area contributed by atoms with Gasteiger partial charge in [-0.15, -0.1) is 0 Å². The molecule has 1 unspecified atom stereocenters. The Morgan fingerprint density at radius 1 is 0.960 bits per heavy atom. The molecule has 0 bridgehead atoms. The molecule has 3 aromatic carbocycles. The summed E-state index contributed by atoms with van der Waals surface area (Å²) in [6.07, 6.45) is -1.05. The first-order chi connectivity index (χ1) is 12.1. The van der Waals surface area contributed by atoms with E-state index in [1.807, 2.05) is 30.3 Å². The number of aromatic nitrogens is 2. The van der Waals surface area contributed by atoms with Crippen LogP contribution in [0.2, 0.25) is 0 Å². The molecule has 4 rings (SSSR count). The highest BCUT2D eigenvalue weighted by atomic mass is 16.3.